The summed E-state index contributed by atoms with van der Waals surface area (Å²) in [5.74, 6) is -1.87. The number of esters is 1. The highest BCUT2D eigenvalue weighted by atomic mass is 16.8. The van der Waals surface area contributed by atoms with E-state index < -0.39 is 169 Å². The number of ether oxygens (including phenoxy) is 12. The number of Topliss-reactive ketones (excluding diaryl/α,β-unsaturated/α-hetero) is 1. The van der Waals surface area contributed by atoms with Gasteiger partial charge >= 0.3 is 5.97 Å². The zero-order valence-electron chi connectivity index (χ0n) is 46.6. The molecule has 444 valence electrons. The molecule has 8 N–H and O–H groups in total. The number of fused-ring (bicyclic) bond motifs is 5. The highest BCUT2D eigenvalue weighted by Crippen LogP contribution is 2.71. The van der Waals surface area contributed by atoms with Gasteiger partial charge in [0.2, 0.25) is 0 Å². The summed E-state index contributed by atoms with van der Waals surface area (Å²) in [4.78, 5) is 27.0. The highest BCUT2D eigenvalue weighted by molar-refractivity contribution is 5.88. The average molecular weight is 1120 g/mol. The fraction of sp³-hybridized carbons (Fsp3) is 0.789. The molecule has 0 amide bonds. The van der Waals surface area contributed by atoms with Crippen molar-refractivity contribution in [1.82, 2.24) is 0 Å². The predicted octanol–water partition coefficient (Wildman–Crippen LogP) is 1.50. The van der Waals surface area contributed by atoms with Crippen molar-refractivity contribution in [2.75, 3.05) is 27.9 Å². The molecule has 7 fully saturated rings. The smallest absolute Gasteiger partial charge is 0.331 e. The van der Waals surface area contributed by atoms with Crippen LogP contribution in [0.3, 0.4) is 0 Å². The molecular weight excluding hydrogens is 1040 g/mol. The Morgan fingerprint density at radius 3 is 1.92 bits per heavy atom. The van der Waals surface area contributed by atoms with Gasteiger partial charge in [-0.3, -0.25) is 4.79 Å². The summed E-state index contributed by atoms with van der Waals surface area (Å²) in [7, 11) is 4.49. The predicted molar refractivity (Wildman–Crippen MR) is 275 cm³/mol. The van der Waals surface area contributed by atoms with Gasteiger partial charge in [-0.05, 0) is 96.6 Å². The standard InChI is InChI=1S/C57H84O22/c1-28-47(77-42-25-36(69-8)48(29(2)72-42)78-52-46(64)50(70-9)49(30(3)73-52)79-51-45(63)44(62)43(61)37(27-58)75-51)35(68-7)24-41(71-28)74-34-18-19-53(5)33(23-34)17-20-56(66)38(53)26-39(76-40(60)16-15-32-13-11-10-12-14-32)54(6)55(65,31(4)59)21-22-57(54,56)67/h10-17,28-30,34-39,41-52,58,61-67H,18-27H2,1-9H3/b16-15+/t28-,29-,30-,34+,35+,36+,37-,38-,39-,41+,42+,43+,44+,45-,46-,47-,48-,49-,50+,51+,52+,53+,54-,55-,56+,57-/m1/s1. The number of rotatable bonds is 16. The van der Waals surface area contributed by atoms with Crippen molar-refractivity contribution < 1.29 is 107 Å². The number of hydrogen-bond acceptors (Lipinski definition) is 22. The Morgan fingerprint density at radius 1 is 0.696 bits per heavy atom. The minimum absolute atomic E-state index is 0.0567. The number of ketones is 1. The molecule has 4 heterocycles. The summed E-state index contributed by atoms with van der Waals surface area (Å²) in [5.41, 5.74) is -6.42. The number of hydrogen-bond donors (Lipinski definition) is 8. The molecule has 0 spiro atoms. The normalized spacial score (nSPS) is 49.1. The monoisotopic (exact) mass is 1120 g/mol. The first-order valence-corrected chi connectivity index (χ1v) is 27.9. The van der Waals surface area contributed by atoms with Crippen LogP contribution in [0.25, 0.3) is 6.08 Å². The van der Waals surface area contributed by atoms with Gasteiger partial charge in [0, 0.05) is 46.2 Å². The van der Waals surface area contributed by atoms with Gasteiger partial charge in [-0.25, -0.2) is 4.79 Å². The molecule has 79 heavy (non-hydrogen) atoms. The Morgan fingerprint density at radius 2 is 1.30 bits per heavy atom. The first-order chi connectivity index (χ1) is 37.4. The van der Waals surface area contributed by atoms with E-state index in [2.05, 4.69) is 6.92 Å². The molecule has 0 bridgehead atoms. The Hall–Kier alpha value is -2.92. The first kappa shape index (κ1) is 60.7. The third kappa shape index (κ3) is 10.6. The van der Waals surface area contributed by atoms with Crippen molar-refractivity contribution in [1.29, 1.82) is 0 Å². The van der Waals surface area contributed by atoms with Crippen molar-refractivity contribution >= 4 is 17.8 Å². The molecule has 0 unspecified atom stereocenters. The van der Waals surface area contributed by atoms with Gasteiger partial charge in [0.1, 0.15) is 77.8 Å². The minimum Gasteiger partial charge on any atom is -0.458 e. The maximum absolute atomic E-state index is 13.6. The van der Waals surface area contributed by atoms with Crippen LogP contribution < -0.4 is 0 Å². The Kier molecular flexibility index (Phi) is 18.1. The van der Waals surface area contributed by atoms with E-state index in [4.69, 9.17) is 56.8 Å². The van der Waals surface area contributed by atoms with Gasteiger partial charge in [-0.15, -0.1) is 0 Å². The van der Waals surface area contributed by atoms with Gasteiger partial charge in [0.05, 0.1) is 48.6 Å². The summed E-state index contributed by atoms with van der Waals surface area (Å²) in [6.45, 7) is 9.58. The van der Waals surface area contributed by atoms with Crippen molar-refractivity contribution in [3.63, 3.8) is 0 Å². The minimum atomic E-state index is -2.07. The van der Waals surface area contributed by atoms with E-state index in [1.165, 1.54) is 27.2 Å². The molecule has 22 nitrogen and oxygen atoms in total. The molecule has 1 aromatic rings. The average Bonchev–Trinajstić information content (AvgIpc) is 3.25. The molecule has 4 saturated heterocycles. The van der Waals surface area contributed by atoms with E-state index in [1.54, 1.807) is 34.0 Å². The zero-order valence-corrected chi connectivity index (χ0v) is 46.6. The van der Waals surface area contributed by atoms with Crippen LogP contribution >= 0.6 is 0 Å². The van der Waals surface area contributed by atoms with Crippen LogP contribution in [0.1, 0.15) is 105 Å². The van der Waals surface area contributed by atoms with Crippen LogP contribution in [0.15, 0.2) is 48.1 Å². The van der Waals surface area contributed by atoms with E-state index in [-0.39, 0.29) is 38.2 Å². The summed E-state index contributed by atoms with van der Waals surface area (Å²) >= 11 is 0. The molecule has 4 aliphatic heterocycles. The SMILES string of the molecule is CO[C@H]1[C@@H](O)[C@H](O[C@H]2[C@@H](OC)C[C@H](O[C@H]3[C@@H](OC)C[C@H](O[C@H]4CC[C@@]5(C)C(=CC[C@]6(O)[C@@H]5C[C@@H](OC(=O)/C=C/c5ccccc5)[C@@]5(C)[C@]6(O)CC[C@@]5(O)C(C)=O)C4)O[C@@H]3C)O[C@@H]2C)O[C@H](C)[C@H]1O[C@@H]1O[C@H](CO)[C@H](O)[C@H](O)[C@H]1O. The largest absolute Gasteiger partial charge is 0.458 e. The van der Waals surface area contributed by atoms with Gasteiger partial charge in [-0.2, -0.15) is 0 Å². The lowest BCUT2D eigenvalue weighted by Gasteiger charge is -2.67. The second kappa shape index (κ2) is 23.6. The van der Waals surface area contributed by atoms with Gasteiger partial charge in [0.25, 0.3) is 0 Å². The quantitative estimate of drug-likeness (QED) is 0.0661. The molecule has 0 radical (unpaired) electrons. The molecule has 9 rings (SSSR count). The lowest BCUT2D eigenvalue weighted by Crippen LogP contribution is -2.78. The topological polar surface area (TPSA) is 307 Å². The molecule has 4 aliphatic carbocycles. The number of methoxy groups -OCH3 is 3. The Balaban J connectivity index is 0.816. The molecule has 0 aromatic heterocycles. The maximum atomic E-state index is 13.6. The zero-order chi connectivity index (χ0) is 57.1. The maximum Gasteiger partial charge on any atom is 0.331 e. The molecule has 1 aromatic carbocycles. The fourth-order valence-corrected chi connectivity index (χ4v) is 14.8. The van der Waals surface area contributed by atoms with Gasteiger partial charge in [-0.1, -0.05) is 48.9 Å². The van der Waals surface area contributed by atoms with Crippen molar-refractivity contribution in [3.05, 3.63) is 53.6 Å². The number of aliphatic hydroxyl groups excluding tert-OH is 5. The Bertz CT molecular complexity index is 2340. The van der Waals surface area contributed by atoms with Gasteiger partial charge < -0.3 is 97.7 Å². The highest BCUT2D eigenvalue weighted by Gasteiger charge is 2.81. The molecule has 26 atom stereocenters. The van der Waals surface area contributed by atoms with E-state index in [1.807, 2.05) is 43.3 Å². The van der Waals surface area contributed by atoms with Crippen LogP contribution in [-0.4, -0.2) is 220 Å². The van der Waals surface area contributed by atoms with Gasteiger partial charge in [0.15, 0.2) is 30.9 Å². The summed E-state index contributed by atoms with van der Waals surface area (Å²) in [6, 6.07) is 9.24. The number of carbonyl (C=O) groups is 2. The molecular formula is C57H84O22. The van der Waals surface area contributed by atoms with Crippen molar-refractivity contribution in [2.45, 2.75) is 239 Å². The molecule has 8 aliphatic rings. The number of benzene rings is 1. The fourth-order valence-electron chi connectivity index (χ4n) is 14.8. The van der Waals surface area contributed by atoms with Crippen molar-refractivity contribution in [2.24, 2.45) is 16.7 Å². The lowest BCUT2D eigenvalue weighted by molar-refractivity contribution is -0.373. The third-order valence-corrected chi connectivity index (χ3v) is 19.6. The van der Waals surface area contributed by atoms with Crippen LogP contribution in [0.5, 0.6) is 0 Å². The summed E-state index contributed by atoms with van der Waals surface area (Å²) in [5, 5.41) is 90.5. The van der Waals surface area contributed by atoms with Crippen molar-refractivity contribution in [3.8, 4) is 0 Å². The van der Waals surface area contributed by atoms with Crippen LogP contribution in [-0.2, 0) is 66.4 Å². The molecule has 22 heteroatoms. The molecule has 3 saturated carbocycles. The first-order valence-electron chi connectivity index (χ1n) is 27.9. The summed E-state index contributed by atoms with van der Waals surface area (Å²) < 4.78 is 74.1. The number of aliphatic hydroxyl groups is 8. The second-order valence-corrected chi connectivity index (χ2v) is 23.7. The lowest BCUT2D eigenvalue weighted by atomic mass is 9.42. The number of carbonyl (C=O) groups excluding carboxylic acids is 2. The van der Waals surface area contributed by atoms with Crippen LogP contribution in [0.4, 0.5) is 0 Å². The van der Waals surface area contributed by atoms with Crippen LogP contribution in [0.2, 0.25) is 0 Å². The van der Waals surface area contributed by atoms with Crippen LogP contribution in [0, 0.1) is 16.7 Å². The summed E-state index contributed by atoms with van der Waals surface area (Å²) in [6.07, 6.45) is -12.7. The van der Waals surface area contributed by atoms with E-state index in [0.717, 1.165) is 11.1 Å². The third-order valence-electron chi connectivity index (χ3n) is 19.6. The Labute approximate surface area is 461 Å². The second-order valence-electron chi connectivity index (χ2n) is 23.7. The van der Waals surface area contributed by atoms with E-state index >= 15 is 0 Å². The van der Waals surface area contributed by atoms with E-state index in [0.29, 0.717) is 25.7 Å². The van der Waals surface area contributed by atoms with E-state index in [9.17, 15) is 50.4 Å².